The number of rotatable bonds is 1. The Balaban J connectivity index is 0. The molecule has 3 heteroatoms. The lowest BCUT2D eigenvalue weighted by molar-refractivity contribution is 0.182. The molecule has 0 unspecified atom stereocenters. The molecule has 8 heavy (non-hydrogen) atoms. The monoisotopic (exact) mass is 141 g/mol. The van der Waals surface area contributed by atoms with E-state index in [1.54, 1.807) is 6.92 Å². The van der Waals surface area contributed by atoms with Crippen LogP contribution in [0.1, 0.15) is 20.8 Å². The molecule has 0 rings (SSSR count). The first kappa shape index (κ1) is 11.0. The van der Waals surface area contributed by atoms with E-state index in [4.69, 9.17) is 5.73 Å². The predicted molar refractivity (Wildman–Crippen MR) is 36.1 cm³/mol. The highest BCUT2D eigenvalue weighted by Crippen LogP contribution is 2.10. The summed E-state index contributed by atoms with van der Waals surface area (Å²) < 4.78 is 12.4. The number of hydrogen-bond acceptors (Lipinski definition) is 1. The maximum atomic E-state index is 12.4. The van der Waals surface area contributed by atoms with Gasteiger partial charge in [-0.05, 0) is 20.8 Å². The van der Waals surface area contributed by atoms with Gasteiger partial charge >= 0.3 is 0 Å². The van der Waals surface area contributed by atoms with Crippen molar-refractivity contribution in [3.05, 3.63) is 0 Å². The maximum Gasteiger partial charge on any atom is 0.120 e. The van der Waals surface area contributed by atoms with E-state index in [1.165, 1.54) is 13.8 Å². The van der Waals surface area contributed by atoms with Gasteiger partial charge in [-0.25, -0.2) is 4.39 Å². The van der Waals surface area contributed by atoms with Crippen LogP contribution in [0.3, 0.4) is 0 Å². The predicted octanol–water partition coefficient (Wildman–Crippen LogP) is 1.50. The third kappa shape index (κ3) is 4.34. The van der Waals surface area contributed by atoms with Gasteiger partial charge in [0.15, 0.2) is 0 Å². The van der Waals surface area contributed by atoms with Gasteiger partial charge in [-0.3, -0.25) is 0 Å². The van der Waals surface area contributed by atoms with E-state index in [0.29, 0.717) is 0 Å². The van der Waals surface area contributed by atoms with Crippen LogP contribution in [0.25, 0.3) is 0 Å². The van der Waals surface area contributed by atoms with Crippen LogP contribution < -0.4 is 5.73 Å². The third-order valence-corrected chi connectivity index (χ3v) is 1.08. The molecular weight excluding hydrogens is 129 g/mol. The van der Waals surface area contributed by atoms with Crippen molar-refractivity contribution in [1.29, 1.82) is 0 Å². The smallest absolute Gasteiger partial charge is 0.120 e. The minimum absolute atomic E-state index is 0. The van der Waals surface area contributed by atoms with Gasteiger partial charge in [0.25, 0.3) is 0 Å². The number of alkyl halides is 1. The zero-order chi connectivity index (χ0) is 6.08. The molecule has 0 bridgehead atoms. The fourth-order valence-electron chi connectivity index (χ4n) is 0. The van der Waals surface area contributed by atoms with Crippen molar-refractivity contribution >= 4 is 12.4 Å². The minimum Gasteiger partial charge on any atom is -0.325 e. The van der Waals surface area contributed by atoms with Gasteiger partial charge < -0.3 is 5.73 Å². The third-order valence-electron chi connectivity index (χ3n) is 1.08. The molecule has 1 atom stereocenters. The summed E-state index contributed by atoms with van der Waals surface area (Å²) in [6, 6.07) is -0.368. The zero-order valence-electron chi connectivity index (χ0n) is 5.44. The van der Waals surface area contributed by atoms with Crippen LogP contribution in [0.5, 0.6) is 0 Å². The standard InChI is InChI=1S/C5H12FN.ClH/c1-4(7)5(2,3)6;/h4H,7H2,1-3H3;1H/t4-;/m0./s1. The lowest BCUT2D eigenvalue weighted by atomic mass is 10.0. The Bertz CT molecular complexity index is 57.9. The van der Waals surface area contributed by atoms with Crippen LogP contribution in [0, 0.1) is 0 Å². The van der Waals surface area contributed by atoms with Gasteiger partial charge in [0.2, 0.25) is 0 Å². The number of hydrogen-bond donors (Lipinski definition) is 1. The highest BCUT2D eigenvalue weighted by atomic mass is 35.5. The first-order valence-corrected chi connectivity index (χ1v) is 2.39. The van der Waals surface area contributed by atoms with Crippen molar-refractivity contribution in [3.8, 4) is 0 Å². The lowest BCUT2D eigenvalue weighted by Gasteiger charge is -2.17. The molecule has 0 aromatic rings. The van der Waals surface area contributed by atoms with Crippen molar-refractivity contribution in [3.63, 3.8) is 0 Å². The van der Waals surface area contributed by atoms with Crippen LogP contribution in [0.15, 0.2) is 0 Å². The van der Waals surface area contributed by atoms with Crippen LogP contribution in [0.4, 0.5) is 4.39 Å². The van der Waals surface area contributed by atoms with Crippen LogP contribution in [-0.4, -0.2) is 11.7 Å². The molecule has 0 aromatic carbocycles. The van der Waals surface area contributed by atoms with Crippen molar-refractivity contribution in [2.75, 3.05) is 0 Å². The Labute approximate surface area is 55.9 Å². The normalized spacial score (nSPS) is 14.6. The van der Waals surface area contributed by atoms with Gasteiger partial charge in [0, 0.05) is 6.04 Å². The summed E-state index contributed by atoms with van der Waals surface area (Å²) in [5.41, 5.74) is 3.97. The second-order valence-electron chi connectivity index (χ2n) is 2.35. The first-order chi connectivity index (χ1) is 2.94. The summed E-state index contributed by atoms with van der Waals surface area (Å²) in [5, 5.41) is 0. The van der Waals surface area contributed by atoms with E-state index in [2.05, 4.69) is 0 Å². The Kier molecular flexibility index (Phi) is 4.49. The molecule has 2 N–H and O–H groups in total. The second-order valence-corrected chi connectivity index (χ2v) is 2.35. The summed E-state index contributed by atoms with van der Waals surface area (Å²) >= 11 is 0. The zero-order valence-corrected chi connectivity index (χ0v) is 6.26. The Morgan fingerprint density at radius 1 is 1.50 bits per heavy atom. The molecule has 0 aliphatic carbocycles. The molecule has 0 heterocycles. The quantitative estimate of drug-likeness (QED) is 0.589. The van der Waals surface area contributed by atoms with Gasteiger partial charge in [0.05, 0.1) is 0 Å². The van der Waals surface area contributed by atoms with Crippen LogP contribution in [0.2, 0.25) is 0 Å². The van der Waals surface area contributed by atoms with Crippen LogP contribution >= 0.6 is 12.4 Å². The lowest BCUT2D eigenvalue weighted by Crippen LogP contribution is -2.36. The fourth-order valence-corrected chi connectivity index (χ4v) is 0. The second kappa shape index (κ2) is 3.25. The largest absolute Gasteiger partial charge is 0.325 e. The highest BCUT2D eigenvalue weighted by molar-refractivity contribution is 5.85. The van der Waals surface area contributed by atoms with Gasteiger partial charge in [-0.2, -0.15) is 0 Å². The van der Waals surface area contributed by atoms with Crippen molar-refractivity contribution in [1.82, 2.24) is 0 Å². The molecule has 0 aliphatic rings. The molecule has 0 aliphatic heterocycles. The van der Waals surface area contributed by atoms with Crippen molar-refractivity contribution in [2.24, 2.45) is 5.73 Å². The van der Waals surface area contributed by atoms with E-state index in [-0.39, 0.29) is 18.4 Å². The average Bonchev–Trinajstić information content (AvgIpc) is 1.31. The first-order valence-electron chi connectivity index (χ1n) is 2.39. The molecule has 0 aromatic heterocycles. The van der Waals surface area contributed by atoms with E-state index in [1.807, 2.05) is 0 Å². The Morgan fingerprint density at radius 3 is 1.62 bits per heavy atom. The number of halogens is 2. The minimum atomic E-state index is -1.22. The fraction of sp³-hybridized carbons (Fsp3) is 1.00. The summed E-state index contributed by atoms with van der Waals surface area (Å²) in [6.07, 6.45) is 0. The number of nitrogens with two attached hydrogens (primary N) is 1. The summed E-state index contributed by atoms with van der Waals surface area (Å²) in [7, 11) is 0. The van der Waals surface area contributed by atoms with Crippen molar-refractivity contribution in [2.45, 2.75) is 32.5 Å². The van der Waals surface area contributed by atoms with Crippen molar-refractivity contribution < 1.29 is 4.39 Å². The van der Waals surface area contributed by atoms with Gasteiger partial charge in [-0.1, -0.05) is 0 Å². The molecule has 0 saturated heterocycles. The molecule has 1 nitrogen and oxygen atoms in total. The molecule has 0 fully saturated rings. The van der Waals surface area contributed by atoms with Gasteiger partial charge in [0.1, 0.15) is 5.67 Å². The highest BCUT2D eigenvalue weighted by Gasteiger charge is 2.19. The van der Waals surface area contributed by atoms with E-state index >= 15 is 0 Å². The molecule has 0 amide bonds. The molecule has 0 radical (unpaired) electrons. The Morgan fingerprint density at radius 2 is 1.62 bits per heavy atom. The van der Waals surface area contributed by atoms with Gasteiger partial charge in [-0.15, -0.1) is 12.4 Å². The molecular formula is C5H13ClFN. The summed E-state index contributed by atoms with van der Waals surface area (Å²) in [4.78, 5) is 0. The molecule has 0 spiro atoms. The van der Waals surface area contributed by atoms with E-state index < -0.39 is 5.67 Å². The average molecular weight is 142 g/mol. The Hall–Kier alpha value is 0.180. The van der Waals surface area contributed by atoms with Crippen LogP contribution in [-0.2, 0) is 0 Å². The summed E-state index contributed by atoms with van der Waals surface area (Å²) in [5.74, 6) is 0. The maximum absolute atomic E-state index is 12.4. The molecule has 0 saturated carbocycles. The molecule has 52 valence electrons. The topological polar surface area (TPSA) is 26.0 Å². The van der Waals surface area contributed by atoms with E-state index in [0.717, 1.165) is 0 Å². The SMILES string of the molecule is C[C@H](N)C(C)(C)F.Cl. The van der Waals surface area contributed by atoms with E-state index in [9.17, 15) is 4.39 Å². The summed E-state index contributed by atoms with van der Waals surface area (Å²) in [6.45, 7) is 4.59.